The number of aliphatic hydroxyl groups excluding tert-OH is 2. The second-order valence-electron chi connectivity index (χ2n) is 2.86. The van der Waals surface area contributed by atoms with E-state index in [9.17, 15) is 4.79 Å². The molecule has 0 amide bonds. The summed E-state index contributed by atoms with van der Waals surface area (Å²) in [7, 11) is 0. The Morgan fingerprint density at radius 1 is 1.36 bits per heavy atom. The zero-order chi connectivity index (χ0) is 8.85. The molecular weight excluding hydrogens is 144 g/mol. The molecule has 2 atom stereocenters. The van der Waals surface area contributed by atoms with Crippen molar-refractivity contribution in [1.82, 2.24) is 0 Å². The van der Waals surface area contributed by atoms with Gasteiger partial charge in [0.15, 0.2) is 0 Å². The van der Waals surface area contributed by atoms with Gasteiger partial charge in [-0.2, -0.15) is 0 Å². The molecule has 0 saturated heterocycles. The molecule has 0 aliphatic heterocycles. The summed E-state index contributed by atoms with van der Waals surface area (Å²) in [5.74, 6) is -0.0409. The van der Waals surface area contributed by atoms with Crippen LogP contribution < -0.4 is 0 Å². The molecule has 3 heteroatoms. The van der Waals surface area contributed by atoms with E-state index in [1.54, 1.807) is 0 Å². The fourth-order valence-corrected chi connectivity index (χ4v) is 0.896. The average Bonchev–Trinajstić information content (AvgIpc) is 1.85. The molecular formula is C8H16O3. The first-order chi connectivity index (χ1) is 5.06. The second kappa shape index (κ2) is 5.27. The molecule has 3 nitrogen and oxygen atoms in total. The number of aliphatic hydroxyl groups is 2. The zero-order valence-corrected chi connectivity index (χ0v) is 7.08. The monoisotopic (exact) mass is 160 g/mol. The van der Waals surface area contributed by atoms with Gasteiger partial charge in [0, 0.05) is 6.42 Å². The standard InChI is InChI=1S/C8H16O3/c1-3-7(10)5-8(11)4-6(2)9/h7-8,10-11H,3-5H2,1-2H3/t7-,8+/m1/s1. The van der Waals surface area contributed by atoms with E-state index in [1.165, 1.54) is 6.92 Å². The number of carbonyl (C=O) groups excluding carboxylic acids is 1. The van der Waals surface area contributed by atoms with Crippen molar-refractivity contribution in [1.29, 1.82) is 0 Å². The third-order valence-corrected chi connectivity index (χ3v) is 1.54. The minimum Gasteiger partial charge on any atom is -0.393 e. The normalized spacial score (nSPS) is 16.0. The van der Waals surface area contributed by atoms with Gasteiger partial charge in [-0.25, -0.2) is 0 Å². The largest absolute Gasteiger partial charge is 0.393 e. The molecule has 66 valence electrons. The highest BCUT2D eigenvalue weighted by atomic mass is 16.3. The number of hydrogen-bond donors (Lipinski definition) is 2. The van der Waals surface area contributed by atoms with Gasteiger partial charge in [-0.15, -0.1) is 0 Å². The maximum absolute atomic E-state index is 10.5. The van der Waals surface area contributed by atoms with Crippen LogP contribution in [0, 0.1) is 0 Å². The van der Waals surface area contributed by atoms with Gasteiger partial charge in [0.25, 0.3) is 0 Å². The smallest absolute Gasteiger partial charge is 0.132 e. The Hall–Kier alpha value is -0.410. The van der Waals surface area contributed by atoms with Crippen molar-refractivity contribution in [3.63, 3.8) is 0 Å². The minimum atomic E-state index is -0.678. The summed E-state index contributed by atoms with van der Waals surface area (Å²) in [6.45, 7) is 3.27. The van der Waals surface area contributed by atoms with Crippen LogP contribution in [-0.2, 0) is 4.79 Å². The lowest BCUT2D eigenvalue weighted by molar-refractivity contribution is -0.119. The molecule has 0 bridgehead atoms. The predicted molar refractivity (Wildman–Crippen MR) is 42.2 cm³/mol. The van der Waals surface area contributed by atoms with Gasteiger partial charge in [0.2, 0.25) is 0 Å². The lowest BCUT2D eigenvalue weighted by Gasteiger charge is -2.11. The summed E-state index contributed by atoms with van der Waals surface area (Å²) in [5, 5.41) is 18.2. The van der Waals surface area contributed by atoms with Crippen LogP contribution in [0.2, 0.25) is 0 Å². The van der Waals surface area contributed by atoms with E-state index in [2.05, 4.69) is 0 Å². The predicted octanol–water partition coefficient (Wildman–Crippen LogP) is 0.487. The van der Waals surface area contributed by atoms with E-state index in [-0.39, 0.29) is 12.2 Å². The molecule has 0 aromatic rings. The van der Waals surface area contributed by atoms with Crippen LogP contribution in [0.1, 0.15) is 33.1 Å². The maximum Gasteiger partial charge on any atom is 0.132 e. The van der Waals surface area contributed by atoms with Crippen LogP contribution in [0.25, 0.3) is 0 Å². The molecule has 0 radical (unpaired) electrons. The molecule has 0 aliphatic carbocycles. The van der Waals surface area contributed by atoms with Crippen molar-refractivity contribution in [3.8, 4) is 0 Å². The minimum absolute atomic E-state index is 0.0409. The van der Waals surface area contributed by atoms with Crippen LogP contribution >= 0.6 is 0 Å². The third-order valence-electron chi connectivity index (χ3n) is 1.54. The summed E-state index contributed by atoms with van der Waals surface area (Å²) < 4.78 is 0. The Labute approximate surface area is 67.0 Å². The summed E-state index contributed by atoms with van der Waals surface area (Å²) in [5.41, 5.74) is 0. The van der Waals surface area contributed by atoms with Crippen molar-refractivity contribution in [2.24, 2.45) is 0 Å². The maximum atomic E-state index is 10.5. The first kappa shape index (κ1) is 10.6. The fourth-order valence-electron chi connectivity index (χ4n) is 0.896. The summed E-state index contributed by atoms with van der Waals surface area (Å²) in [6.07, 6.45) is -0.0888. The van der Waals surface area contributed by atoms with E-state index < -0.39 is 12.2 Å². The molecule has 0 unspecified atom stereocenters. The highest BCUT2D eigenvalue weighted by Crippen LogP contribution is 2.05. The van der Waals surface area contributed by atoms with Gasteiger partial charge in [0.05, 0.1) is 12.2 Å². The first-order valence-corrected chi connectivity index (χ1v) is 3.91. The molecule has 0 fully saturated rings. The van der Waals surface area contributed by atoms with Crippen LogP contribution in [0.4, 0.5) is 0 Å². The van der Waals surface area contributed by atoms with Crippen molar-refractivity contribution in [2.45, 2.75) is 45.3 Å². The highest BCUT2D eigenvalue weighted by Gasteiger charge is 2.11. The first-order valence-electron chi connectivity index (χ1n) is 3.91. The van der Waals surface area contributed by atoms with E-state index in [1.807, 2.05) is 6.92 Å². The van der Waals surface area contributed by atoms with Gasteiger partial charge in [0.1, 0.15) is 5.78 Å². The number of hydrogen-bond acceptors (Lipinski definition) is 3. The molecule has 0 heterocycles. The summed E-state index contributed by atoms with van der Waals surface area (Å²) in [4.78, 5) is 10.5. The van der Waals surface area contributed by atoms with Crippen LogP contribution in [0.3, 0.4) is 0 Å². The topological polar surface area (TPSA) is 57.5 Å². The van der Waals surface area contributed by atoms with Crippen LogP contribution in [-0.4, -0.2) is 28.2 Å². The molecule has 0 aromatic carbocycles. The Balaban J connectivity index is 3.51. The lowest BCUT2D eigenvalue weighted by Crippen LogP contribution is -2.19. The molecule has 0 saturated carbocycles. The summed E-state index contributed by atoms with van der Waals surface area (Å²) in [6, 6.07) is 0. The molecule has 2 N–H and O–H groups in total. The van der Waals surface area contributed by atoms with Crippen LogP contribution in [0.15, 0.2) is 0 Å². The van der Waals surface area contributed by atoms with Gasteiger partial charge >= 0.3 is 0 Å². The SMILES string of the molecule is CC[C@@H](O)C[C@@H](O)CC(C)=O. The van der Waals surface area contributed by atoms with Crippen LogP contribution in [0.5, 0.6) is 0 Å². The average molecular weight is 160 g/mol. The highest BCUT2D eigenvalue weighted by molar-refractivity contribution is 5.75. The van der Waals surface area contributed by atoms with Gasteiger partial charge in [-0.1, -0.05) is 6.92 Å². The number of Topliss-reactive ketones (excluding diaryl/α,β-unsaturated/α-hetero) is 1. The van der Waals surface area contributed by atoms with Crippen molar-refractivity contribution in [3.05, 3.63) is 0 Å². The third kappa shape index (κ3) is 6.01. The molecule has 11 heavy (non-hydrogen) atoms. The zero-order valence-electron chi connectivity index (χ0n) is 7.08. The van der Waals surface area contributed by atoms with E-state index in [0.29, 0.717) is 12.8 Å². The molecule has 0 aliphatic rings. The fraction of sp³-hybridized carbons (Fsp3) is 0.875. The molecule has 0 spiro atoms. The van der Waals surface area contributed by atoms with E-state index >= 15 is 0 Å². The Bertz CT molecular complexity index is 123. The van der Waals surface area contributed by atoms with Crippen molar-refractivity contribution < 1.29 is 15.0 Å². The van der Waals surface area contributed by atoms with E-state index in [4.69, 9.17) is 10.2 Å². The Morgan fingerprint density at radius 2 is 1.91 bits per heavy atom. The van der Waals surface area contributed by atoms with Gasteiger partial charge in [-0.05, 0) is 19.8 Å². The number of rotatable bonds is 5. The quantitative estimate of drug-likeness (QED) is 0.615. The van der Waals surface area contributed by atoms with Gasteiger partial charge in [-0.3, -0.25) is 4.79 Å². The molecule has 0 rings (SSSR count). The second-order valence-corrected chi connectivity index (χ2v) is 2.86. The van der Waals surface area contributed by atoms with Gasteiger partial charge < -0.3 is 10.2 Å². The molecule has 0 aromatic heterocycles. The Morgan fingerprint density at radius 3 is 2.27 bits per heavy atom. The number of ketones is 1. The van der Waals surface area contributed by atoms with Crippen molar-refractivity contribution >= 4 is 5.78 Å². The lowest BCUT2D eigenvalue weighted by atomic mass is 10.1. The Kier molecular flexibility index (Phi) is 5.07. The van der Waals surface area contributed by atoms with E-state index in [0.717, 1.165) is 0 Å². The summed E-state index contributed by atoms with van der Waals surface area (Å²) >= 11 is 0. The number of carbonyl (C=O) groups is 1. The van der Waals surface area contributed by atoms with Crippen molar-refractivity contribution in [2.75, 3.05) is 0 Å².